The third-order valence-electron chi connectivity index (χ3n) is 9.48. The molecule has 54 heavy (non-hydrogen) atoms. The van der Waals surface area contributed by atoms with Crippen LogP contribution in [0, 0.1) is 0 Å². The van der Waals surface area contributed by atoms with E-state index in [1.165, 1.54) is 103 Å². The smallest absolute Gasteiger partial charge is 0.306 e. The first-order valence-corrected chi connectivity index (χ1v) is 22.5. The zero-order chi connectivity index (χ0) is 39.3. The fourth-order valence-electron chi connectivity index (χ4n) is 6.10. The van der Waals surface area contributed by atoms with Gasteiger partial charge in [-0.2, -0.15) is 0 Å². The Morgan fingerprint density at radius 2 is 0.796 bits per heavy atom. The number of aliphatic hydroxyl groups is 1. The second-order valence-electron chi connectivity index (χ2n) is 14.7. The quantitative estimate of drug-likeness (QED) is 0.0383. The monoisotopic (exact) mass is 753 g/mol. The molecule has 0 spiro atoms. The minimum absolute atomic E-state index is 0.0753. The van der Waals surface area contributed by atoms with Crippen molar-refractivity contribution in [3.8, 4) is 0 Å². The average Bonchev–Trinajstić information content (AvgIpc) is 3.17. The van der Waals surface area contributed by atoms with Crippen molar-refractivity contribution in [3.63, 3.8) is 0 Å². The van der Waals surface area contributed by atoms with Crippen LogP contribution < -0.4 is 0 Å². The van der Waals surface area contributed by atoms with Gasteiger partial charge in [-0.05, 0) is 83.5 Å². The van der Waals surface area contributed by atoms with Gasteiger partial charge in [0.2, 0.25) is 0 Å². The molecule has 5 heteroatoms. The van der Waals surface area contributed by atoms with Crippen LogP contribution in [0.15, 0.2) is 72.9 Å². The van der Waals surface area contributed by atoms with Crippen LogP contribution in [0.5, 0.6) is 0 Å². The SMILES string of the molecule is CC/C=C\C/C=C\C/C=C\C/C=C\C/C=C\CCCCCCCCCC(=O)OC(CO)COC(=O)CCCCCCCCC/C=C\CCCCCCCC. The van der Waals surface area contributed by atoms with Gasteiger partial charge in [0.05, 0.1) is 6.61 Å². The number of carbonyl (C=O) groups is 2. The van der Waals surface area contributed by atoms with Gasteiger partial charge in [0, 0.05) is 12.8 Å². The first-order chi connectivity index (χ1) is 26.6. The van der Waals surface area contributed by atoms with Crippen LogP contribution in [0.25, 0.3) is 0 Å². The molecule has 0 fully saturated rings. The fourth-order valence-corrected chi connectivity index (χ4v) is 6.10. The van der Waals surface area contributed by atoms with E-state index in [0.29, 0.717) is 12.8 Å². The van der Waals surface area contributed by atoms with Crippen LogP contribution >= 0.6 is 0 Å². The summed E-state index contributed by atoms with van der Waals surface area (Å²) in [6, 6.07) is 0. The molecule has 1 unspecified atom stereocenters. The second kappa shape index (κ2) is 44.7. The summed E-state index contributed by atoms with van der Waals surface area (Å²) in [7, 11) is 0. The number of aliphatic hydroxyl groups excluding tert-OH is 1. The zero-order valence-electron chi connectivity index (χ0n) is 35.2. The van der Waals surface area contributed by atoms with Crippen molar-refractivity contribution in [1.82, 2.24) is 0 Å². The summed E-state index contributed by atoms with van der Waals surface area (Å²) in [6.45, 7) is 4.01. The summed E-state index contributed by atoms with van der Waals surface area (Å²) in [5, 5.41) is 9.59. The number of rotatable bonds is 40. The number of hydrogen-bond acceptors (Lipinski definition) is 5. The molecule has 0 aliphatic heterocycles. The van der Waals surface area contributed by atoms with E-state index in [4.69, 9.17) is 9.47 Å². The van der Waals surface area contributed by atoms with Crippen molar-refractivity contribution in [3.05, 3.63) is 72.9 Å². The molecule has 0 rings (SSSR count). The Morgan fingerprint density at radius 1 is 0.444 bits per heavy atom. The van der Waals surface area contributed by atoms with Gasteiger partial charge in [0.25, 0.3) is 0 Å². The highest BCUT2D eigenvalue weighted by Crippen LogP contribution is 2.13. The molecule has 0 radical (unpaired) electrons. The maximum Gasteiger partial charge on any atom is 0.306 e. The molecule has 0 amide bonds. The summed E-state index contributed by atoms with van der Waals surface area (Å²) < 4.78 is 10.6. The Morgan fingerprint density at radius 3 is 1.22 bits per heavy atom. The van der Waals surface area contributed by atoms with Gasteiger partial charge in [-0.25, -0.2) is 0 Å². The Hall–Kier alpha value is -2.66. The molecule has 0 saturated heterocycles. The maximum absolute atomic E-state index is 12.2. The Balaban J connectivity index is 3.59. The lowest BCUT2D eigenvalue weighted by Crippen LogP contribution is -2.28. The molecule has 0 aromatic heterocycles. The predicted octanol–water partition coefficient (Wildman–Crippen LogP) is 14.5. The number of hydrogen-bond donors (Lipinski definition) is 1. The Kier molecular flexibility index (Phi) is 42.5. The first-order valence-electron chi connectivity index (χ1n) is 22.5. The summed E-state index contributed by atoms with van der Waals surface area (Å²) in [4.78, 5) is 24.4. The van der Waals surface area contributed by atoms with E-state index in [0.717, 1.165) is 77.0 Å². The molecule has 0 bridgehead atoms. The summed E-state index contributed by atoms with van der Waals surface area (Å²) >= 11 is 0. The van der Waals surface area contributed by atoms with Crippen molar-refractivity contribution >= 4 is 11.9 Å². The Labute approximate surface area is 333 Å². The van der Waals surface area contributed by atoms with Gasteiger partial charge in [0.1, 0.15) is 6.61 Å². The highest BCUT2D eigenvalue weighted by Gasteiger charge is 2.16. The normalized spacial score (nSPS) is 12.9. The number of allylic oxidation sites excluding steroid dienone is 12. The lowest BCUT2D eigenvalue weighted by Gasteiger charge is -2.15. The van der Waals surface area contributed by atoms with Crippen LogP contribution in [0.3, 0.4) is 0 Å². The number of unbranched alkanes of at least 4 members (excludes halogenated alkanes) is 20. The maximum atomic E-state index is 12.2. The lowest BCUT2D eigenvalue weighted by atomic mass is 10.1. The molecule has 5 nitrogen and oxygen atoms in total. The van der Waals surface area contributed by atoms with Crippen molar-refractivity contribution in [2.45, 2.75) is 213 Å². The minimum Gasteiger partial charge on any atom is -0.462 e. The summed E-state index contributed by atoms with van der Waals surface area (Å²) in [6.07, 6.45) is 59.7. The zero-order valence-corrected chi connectivity index (χ0v) is 35.2. The van der Waals surface area contributed by atoms with Crippen molar-refractivity contribution < 1.29 is 24.2 Å². The van der Waals surface area contributed by atoms with Gasteiger partial charge in [-0.1, -0.05) is 183 Å². The fraction of sp³-hybridized carbons (Fsp3) is 0.714. The van der Waals surface area contributed by atoms with Gasteiger partial charge < -0.3 is 14.6 Å². The molecular weight excluding hydrogens is 669 g/mol. The van der Waals surface area contributed by atoms with Gasteiger partial charge in [0.15, 0.2) is 6.10 Å². The number of carbonyl (C=O) groups excluding carboxylic acids is 2. The molecule has 0 aromatic rings. The highest BCUT2D eigenvalue weighted by molar-refractivity contribution is 5.70. The van der Waals surface area contributed by atoms with Gasteiger partial charge in [-0.15, -0.1) is 0 Å². The molecular formula is C49H84O5. The molecule has 0 aliphatic rings. The average molecular weight is 753 g/mol. The molecule has 0 saturated carbocycles. The largest absolute Gasteiger partial charge is 0.462 e. The predicted molar refractivity (Wildman–Crippen MR) is 233 cm³/mol. The van der Waals surface area contributed by atoms with E-state index in [2.05, 4.69) is 86.8 Å². The number of esters is 2. The summed E-state index contributed by atoms with van der Waals surface area (Å²) in [5.74, 6) is -0.610. The molecule has 0 aliphatic carbocycles. The van der Waals surface area contributed by atoms with E-state index in [1.54, 1.807) is 0 Å². The third kappa shape index (κ3) is 42.1. The molecule has 310 valence electrons. The lowest BCUT2D eigenvalue weighted by molar-refractivity contribution is -0.161. The molecule has 1 atom stereocenters. The molecule has 1 N–H and O–H groups in total. The van der Waals surface area contributed by atoms with Gasteiger partial charge >= 0.3 is 11.9 Å². The van der Waals surface area contributed by atoms with Crippen LogP contribution in [0.4, 0.5) is 0 Å². The second-order valence-corrected chi connectivity index (χ2v) is 14.7. The molecule has 0 heterocycles. The third-order valence-corrected chi connectivity index (χ3v) is 9.48. The van der Waals surface area contributed by atoms with Crippen LogP contribution in [-0.4, -0.2) is 36.4 Å². The van der Waals surface area contributed by atoms with Crippen LogP contribution in [0.2, 0.25) is 0 Å². The van der Waals surface area contributed by atoms with E-state index in [-0.39, 0.29) is 25.2 Å². The summed E-state index contributed by atoms with van der Waals surface area (Å²) in [5.41, 5.74) is 0. The van der Waals surface area contributed by atoms with Crippen LogP contribution in [0.1, 0.15) is 206 Å². The van der Waals surface area contributed by atoms with E-state index in [9.17, 15) is 14.7 Å². The van der Waals surface area contributed by atoms with Crippen molar-refractivity contribution in [1.29, 1.82) is 0 Å². The first kappa shape index (κ1) is 51.3. The van der Waals surface area contributed by atoms with Crippen molar-refractivity contribution in [2.24, 2.45) is 0 Å². The van der Waals surface area contributed by atoms with Crippen LogP contribution in [-0.2, 0) is 19.1 Å². The Bertz CT molecular complexity index is 988. The molecule has 0 aromatic carbocycles. The van der Waals surface area contributed by atoms with E-state index < -0.39 is 6.10 Å². The van der Waals surface area contributed by atoms with E-state index in [1.807, 2.05) is 0 Å². The van der Waals surface area contributed by atoms with Gasteiger partial charge in [-0.3, -0.25) is 9.59 Å². The standard InChI is InChI=1S/C49H84O5/c1-3-5-7-9-11-13-15-17-19-21-22-23-24-25-26-28-30-32-34-36-38-40-42-44-49(52)54-47(45-50)46-53-48(51)43-41-39-37-35-33-31-29-27-20-18-16-14-12-10-8-6-4-2/h5,7,11,13,17-20,22-23,25-26,47,50H,3-4,6,8-10,12,14-16,21,24,27-46H2,1-2H3/b7-5-,13-11-,19-17-,20-18-,23-22-,26-25-. The van der Waals surface area contributed by atoms with Crippen molar-refractivity contribution in [2.75, 3.05) is 13.2 Å². The minimum atomic E-state index is -0.783. The number of ether oxygens (including phenoxy) is 2. The highest BCUT2D eigenvalue weighted by atomic mass is 16.6. The van der Waals surface area contributed by atoms with E-state index >= 15 is 0 Å². The topological polar surface area (TPSA) is 72.8 Å².